The molecule has 0 aromatic heterocycles. The molecule has 0 aromatic carbocycles. The zero-order chi connectivity index (χ0) is 6.99. The topological polar surface area (TPSA) is 37.3 Å². The van der Waals surface area contributed by atoms with Gasteiger partial charge >= 0.3 is 38.2 Å². The van der Waals surface area contributed by atoms with Crippen LogP contribution in [0.3, 0.4) is 0 Å². The Morgan fingerprint density at radius 2 is 1.75 bits per heavy atom. The van der Waals surface area contributed by atoms with Gasteiger partial charge in [-0.15, -0.1) is 0 Å². The SMILES string of the molecule is CCC(=O)O.[CH3][In][CH3]. The van der Waals surface area contributed by atoms with Crippen LogP contribution in [0.1, 0.15) is 13.3 Å². The van der Waals surface area contributed by atoms with E-state index >= 15 is 0 Å². The Bertz CT molecular complexity index is 54.4. The summed E-state index contributed by atoms with van der Waals surface area (Å²) >= 11 is 0.110. The van der Waals surface area contributed by atoms with Gasteiger partial charge in [-0.1, -0.05) is 6.92 Å². The average Bonchev–Trinajstić information content (AvgIpc) is 1.69. The van der Waals surface area contributed by atoms with Crippen LogP contribution in [0, 0.1) is 0 Å². The molecule has 8 heavy (non-hydrogen) atoms. The summed E-state index contributed by atoms with van der Waals surface area (Å²) in [7, 11) is 0. The van der Waals surface area contributed by atoms with Crippen LogP contribution in [0.25, 0.3) is 0 Å². The minimum atomic E-state index is -0.745. The summed E-state index contributed by atoms with van der Waals surface area (Å²) in [5.74, 6) is -0.745. The maximum atomic E-state index is 9.37. The quantitative estimate of drug-likeness (QED) is 0.720. The molecule has 0 spiro atoms. The summed E-state index contributed by atoms with van der Waals surface area (Å²) in [5.41, 5.74) is 0. The van der Waals surface area contributed by atoms with Gasteiger partial charge in [0, 0.05) is 6.42 Å². The van der Waals surface area contributed by atoms with Crippen LogP contribution in [0.4, 0.5) is 0 Å². The molecule has 0 atom stereocenters. The Morgan fingerprint density at radius 3 is 1.75 bits per heavy atom. The summed E-state index contributed by atoms with van der Waals surface area (Å²) in [6.45, 7) is 1.60. The van der Waals surface area contributed by atoms with E-state index in [1.807, 2.05) is 0 Å². The van der Waals surface area contributed by atoms with Gasteiger partial charge in [0.25, 0.3) is 0 Å². The van der Waals surface area contributed by atoms with Gasteiger partial charge in [-0.3, -0.25) is 4.79 Å². The molecule has 0 saturated heterocycles. The molecule has 0 heterocycles. The van der Waals surface area contributed by atoms with Crippen molar-refractivity contribution in [2.75, 3.05) is 0 Å². The molecule has 2 nitrogen and oxygen atoms in total. The Labute approximate surface area is 61.6 Å². The molecule has 0 fully saturated rings. The molecule has 0 bridgehead atoms. The Hall–Kier alpha value is 0.340. The van der Waals surface area contributed by atoms with Gasteiger partial charge in [0.15, 0.2) is 0 Å². The van der Waals surface area contributed by atoms with Gasteiger partial charge in [-0.05, 0) is 0 Å². The van der Waals surface area contributed by atoms with Crippen molar-refractivity contribution in [1.29, 1.82) is 0 Å². The second kappa shape index (κ2) is 10.3. The van der Waals surface area contributed by atoms with E-state index in [0.29, 0.717) is 0 Å². The molecule has 0 aliphatic rings. The molecular formula is C5H12InO2. The van der Waals surface area contributed by atoms with E-state index in [4.69, 9.17) is 5.11 Å². The summed E-state index contributed by atoms with van der Waals surface area (Å²) in [6, 6.07) is 0. The van der Waals surface area contributed by atoms with Gasteiger partial charge in [-0.2, -0.15) is 0 Å². The van der Waals surface area contributed by atoms with Crippen molar-refractivity contribution in [2.24, 2.45) is 0 Å². The van der Waals surface area contributed by atoms with Crippen LogP contribution in [0.2, 0.25) is 9.36 Å². The number of hydrogen-bond acceptors (Lipinski definition) is 1. The summed E-state index contributed by atoms with van der Waals surface area (Å²) in [6.07, 6.45) is 0.222. The van der Waals surface area contributed by atoms with Crippen molar-refractivity contribution >= 4 is 28.9 Å². The summed E-state index contributed by atoms with van der Waals surface area (Å²) in [5, 5.41) is 7.72. The first-order valence-corrected chi connectivity index (χ1v) is 9.23. The van der Waals surface area contributed by atoms with Gasteiger partial charge < -0.3 is 5.11 Å². The maximum absolute atomic E-state index is 9.37. The first-order chi connectivity index (χ1) is 3.68. The molecule has 1 N–H and O–H groups in total. The van der Waals surface area contributed by atoms with Gasteiger partial charge in [0.1, 0.15) is 0 Å². The van der Waals surface area contributed by atoms with Gasteiger partial charge in [-0.25, -0.2) is 0 Å². The molecule has 0 amide bonds. The van der Waals surface area contributed by atoms with Crippen LogP contribution in [-0.4, -0.2) is 34.0 Å². The third-order valence-electron chi connectivity index (χ3n) is 0.302. The second-order valence-corrected chi connectivity index (χ2v) is 4.62. The van der Waals surface area contributed by atoms with E-state index in [-0.39, 0.29) is 29.3 Å². The van der Waals surface area contributed by atoms with Crippen LogP contribution in [0.5, 0.6) is 0 Å². The molecule has 3 heteroatoms. The molecule has 1 radical (unpaired) electrons. The number of hydrogen-bond donors (Lipinski definition) is 1. The monoisotopic (exact) mass is 219 g/mol. The van der Waals surface area contributed by atoms with E-state index in [0.717, 1.165) is 0 Å². The van der Waals surface area contributed by atoms with Gasteiger partial charge in [0.2, 0.25) is 0 Å². The first kappa shape index (κ1) is 11.2. The molecule has 0 rings (SSSR count). The van der Waals surface area contributed by atoms with Crippen molar-refractivity contribution in [3.63, 3.8) is 0 Å². The van der Waals surface area contributed by atoms with Crippen LogP contribution >= 0.6 is 0 Å². The van der Waals surface area contributed by atoms with E-state index in [1.165, 1.54) is 0 Å². The third kappa shape index (κ3) is 33.0. The van der Waals surface area contributed by atoms with E-state index in [9.17, 15) is 4.79 Å². The summed E-state index contributed by atoms with van der Waals surface area (Å²) < 4.78 is 4.63. The van der Waals surface area contributed by atoms with Crippen molar-refractivity contribution in [3.8, 4) is 0 Å². The van der Waals surface area contributed by atoms with E-state index < -0.39 is 5.97 Å². The Morgan fingerprint density at radius 1 is 1.62 bits per heavy atom. The zero-order valence-electron chi connectivity index (χ0n) is 5.64. The molecule has 0 aromatic rings. The van der Waals surface area contributed by atoms with Crippen molar-refractivity contribution < 1.29 is 9.90 Å². The van der Waals surface area contributed by atoms with Crippen molar-refractivity contribution in [2.45, 2.75) is 22.7 Å². The number of carboxylic acid groups (broad SMARTS) is 1. The molecular weight excluding hydrogens is 207 g/mol. The van der Waals surface area contributed by atoms with Crippen molar-refractivity contribution in [3.05, 3.63) is 0 Å². The second-order valence-electron chi connectivity index (χ2n) is 1.32. The number of aliphatic carboxylic acids is 1. The number of carbonyl (C=O) groups is 1. The Balaban J connectivity index is 0. The van der Waals surface area contributed by atoms with Gasteiger partial charge in [0.05, 0.1) is 0 Å². The predicted molar refractivity (Wildman–Crippen MR) is 35.4 cm³/mol. The molecule has 0 aliphatic carbocycles. The van der Waals surface area contributed by atoms with Crippen LogP contribution in [0.15, 0.2) is 0 Å². The zero-order valence-corrected chi connectivity index (χ0v) is 8.94. The fourth-order valence-electron chi connectivity index (χ4n) is 0. The fraction of sp³-hybridized carbons (Fsp3) is 0.800. The number of carboxylic acids is 1. The van der Waals surface area contributed by atoms with Crippen molar-refractivity contribution in [1.82, 2.24) is 0 Å². The van der Waals surface area contributed by atoms with Crippen LogP contribution < -0.4 is 0 Å². The number of rotatable bonds is 1. The average molecular weight is 219 g/mol. The Kier molecular flexibility index (Phi) is 14.5. The fourth-order valence-corrected chi connectivity index (χ4v) is 0. The first-order valence-electron chi connectivity index (χ1n) is 2.64. The standard InChI is InChI=1S/C3H6O2.2CH3.In/c1-2-3(4)5;;;/h2H2,1H3,(H,4,5);2*1H3;. The normalized spacial score (nSPS) is 6.38. The molecule has 47 valence electrons. The molecule has 0 unspecified atom stereocenters. The van der Waals surface area contributed by atoms with E-state index in [2.05, 4.69) is 9.36 Å². The third-order valence-corrected chi connectivity index (χ3v) is 0.302. The predicted octanol–water partition coefficient (Wildman–Crippen LogP) is 1.27. The summed E-state index contributed by atoms with van der Waals surface area (Å²) in [4.78, 5) is 9.37. The minimum absolute atomic E-state index is 0.110. The molecule has 0 aliphatic heterocycles. The molecule has 0 saturated carbocycles. The van der Waals surface area contributed by atoms with Crippen LogP contribution in [-0.2, 0) is 4.79 Å². The van der Waals surface area contributed by atoms with E-state index in [1.54, 1.807) is 6.92 Å².